The van der Waals surface area contributed by atoms with Gasteiger partial charge in [0.2, 0.25) is 0 Å². The smallest absolute Gasteiger partial charge is 0.416 e. The number of carbonyl (C=O) groups excluding carboxylic acids is 1. The molecule has 0 radical (unpaired) electrons. The molecule has 2 fully saturated rings. The van der Waals surface area contributed by atoms with Gasteiger partial charge in [-0.25, -0.2) is 18.6 Å². The van der Waals surface area contributed by atoms with E-state index in [9.17, 15) is 49.8 Å². The summed E-state index contributed by atoms with van der Waals surface area (Å²) in [5, 5.41) is 19.9. The first-order chi connectivity index (χ1) is 22.1. The molecule has 48 heavy (non-hydrogen) atoms. The summed E-state index contributed by atoms with van der Waals surface area (Å²) < 4.78 is 113. The summed E-state index contributed by atoms with van der Waals surface area (Å²) in [5.41, 5.74) is -2.06. The number of phenolic OH excluding ortho intramolecular Hbond substituents is 1. The van der Waals surface area contributed by atoms with Gasteiger partial charge in [0.1, 0.15) is 17.7 Å². The van der Waals surface area contributed by atoms with Crippen molar-refractivity contribution < 1.29 is 59.7 Å². The van der Waals surface area contributed by atoms with Gasteiger partial charge in [-0.3, -0.25) is 9.69 Å². The van der Waals surface area contributed by atoms with E-state index in [2.05, 4.69) is 11.6 Å². The van der Waals surface area contributed by atoms with Gasteiger partial charge >= 0.3 is 24.4 Å². The van der Waals surface area contributed by atoms with E-state index < -0.39 is 72.3 Å². The van der Waals surface area contributed by atoms with Crippen LogP contribution in [0.2, 0.25) is 0 Å². The Bertz CT molecular complexity index is 1670. The van der Waals surface area contributed by atoms with Gasteiger partial charge in [-0.15, -0.1) is 0 Å². The topological polar surface area (TPSA) is 103 Å². The Labute approximate surface area is 269 Å². The molecule has 8 nitrogen and oxygen atoms in total. The Morgan fingerprint density at radius 1 is 1.12 bits per heavy atom. The third kappa shape index (κ3) is 8.08. The number of cyclic esters (lactones) is 1. The van der Waals surface area contributed by atoms with E-state index >= 15 is 0 Å². The molecule has 260 valence electrons. The molecule has 4 rings (SSSR count). The van der Waals surface area contributed by atoms with Crippen molar-refractivity contribution in [2.45, 2.75) is 70.6 Å². The van der Waals surface area contributed by atoms with Crippen LogP contribution in [0.3, 0.4) is 0 Å². The molecule has 2 aliphatic rings. The number of nitrogens with zero attached hydrogens (tertiary/aromatic N) is 3. The van der Waals surface area contributed by atoms with Gasteiger partial charge in [0, 0.05) is 23.1 Å². The molecular weight excluding hydrogens is 658 g/mol. The molecule has 0 aliphatic carbocycles. The lowest BCUT2D eigenvalue weighted by Gasteiger charge is -2.40. The zero-order valence-corrected chi connectivity index (χ0v) is 25.8. The van der Waals surface area contributed by atoms with Gasteiger partial charge in [0.05, 0.1) is 36.9 Å². The maximum absolute atomic E-state index is 13.7. The van der Waals surface area contributed by atoms with Crippen molar-refractivity contribution >= 4 is 17.9 Å². The maximum atomic E-state index is 13.7. The normalized spacial score (nSPS) is 20.1. The van der Waals surface area contributed by atoms with E-state index in [1.807, 2.05) is 0 Å². The molecule has 0 spiro atoms. The van der Waals surface area contributed by atoms with Crippen molar-refractivity contribution in [3.8, 4) is 16.9 Å². The zero-order valence-electron chi connectivity index (χ0n) is 25.8. The molecule has 2 N–H and O–H groups in total. The first-order valence-electron chi connectivity index (χ1n) is 14.4. The molecule has 1 aromatic heterocycles. The van der Waals surface area contributed by atoms with Crippen molar-refractivity contribution in [2.75, 3.05) is 18.0 Å². The number of amides is 1. The summed E-state index contributed by atoms with van der Waals surface area (Å²) >= 11 is 0. The minimum atomic E-state index is -5.20. The number of benzene rings is 1. The van der Waals surface area contributed by atoms with Crippen molar-refractivity contribution in [1.82, 2.24) is 9.88 Å². The Morgan fingerprint density at radius 2 is 1.77 bits per heavy atom. The number of alkyl halides is 8. The molecule has 2 atom stereocenters. The number of hydrogen-bond donors (Lipinski definition) is 2. The van der Waals surface area contributed by atoms with Crippen LogP contribution in [0.1, 0.15) is 37.1 Å². The molecule has 0 unspecified atom stereocenters. The van der Waals surface area contributed by atoms with Crippen LogP contribution >= 0.6 is 0 Å². The van der Waals surface area contributed by atoms with Crippen LogP contribution < -0.4 is 4.90 Å². The van der Waals surface area contributed by atoms with Crippen molar-refractivity contribution in [2.24, 2.45) is 0 Å². The van der Waals surface area contributed by atoms with Crippen LogP contribution in [-0.2, 0) is 22.5 Å². The summed E-state index contributed by atoms with van der Waals surface area (Å²) in [7, 11) is 0. The molecular formula is C32H31F8N3O5. The zero-order chi connectivity index (χ0) is 35.9. The van der Waals surface area contributed by atoms with Gasteiger partial charge in [-0.2, -0.15) is 26.3 Å². The molecule has 16 heteroatoms. The molecule has 3 heterocycles. The number of aromatic nitrogens is 1. The lowest BCUT2D eigenvalue weighted by molar-refractivity contribution is -0.137. The second kappa shape index (κ2) is 13.1. The van der Waals surface area contributed by atoms with Crippen molar-refractivity contribution in [3.63, 3.8) is 0 Å². The number of halogens is 8. The minimum absolute atomic E-state index is 0.0781. The van der Waals surface area contributed by atoms with E-state index in [1.54, 1.807) is 6.92 Å². The summed E-state index contributed by atoms with van der Waals surface area (Å²) in [5.74, 6) is -4.12. The number of carboxylic acids is 1. The highest BCUT2D eigenvalue weighted by molar-refractivity contribution is 5.78. The number of ether oxygens (including phenoxy) is 1. The number of anilines is 1. The molecule has 1 amide bonds. The SMILES string of the molecule is C=C(/C=C(\C=C(/C)C(F)(F)F)C(F)(F)F)[C@H]1OC(=O)N(Cc2nc(N3CC(F)(F)C3)cc(C)c2-c2cc(CCC(=O)O)ccc2O)[C@H]1C. The highest BCUT2D eigenvalue weighted by atomic mass is 19.4. The fraction of sp³-hybridized carbons (Fsp3) is 0.406. The number of allylic oxidation sites excluding steroid dienone is 3. The average molecular weight is 690 g/mol. The predicted octanol–water partition coefficient (Wildman–Crippen LogP) is 7.50. The number of hydrogen-bond acceptors (Lipinski definition) is 6. The van der Waals surface area contributed by atoms with Gasteiger partial charge < -0.3 is 19.8 Å². The second-order valence-electron chi connectivity index (χ2n) is 11.7. The molecule has 2 saturated heterocycles. The average Bonchev–Trinajstić information content (AvgIpc) is 3.22. The molecule has 0 bridgehead atoms. The Hall–Kier alpha value is -4.63. The van der Waals surface area contributed by atoms with Crippen LogP contribution in [0.15, 0.2) is 59.7 Å². The van der Waals surface area contributed by atoms with Crippen LogP contribution in [-0.4, -0.2) is 75.7 Å². The highest BCUT2D eigenvalue weighted by Crippen LogP contribution is 2.40. The molecule has 1 aromatic carbocycles. The number of aliphatic carboxylic acids is 1. The lowest BCUT2D eigenvalue weighted by Crippen LogP contribution is -2.56. The fourth-order valence-corrected chi connectivity index (χ4v) is 5.39. The van der Waals surface area contributed by atoms with Crippen LogP contribution in [0.5, 0.6) is 5.75 Å². The van der Waals surface area contributed by atoms with Gasteiger partial charge in [-0.1, -0.05) is 12.6 Å². The van der Waals surface area contributed by atoms with E-state index in [0.717, 1.165) is 4.90 Å². The third-order valence-corrected chi connectivity index (χ3v) is 7.97. The number of rotatable bonds is 10. The standard InChI is InChI=1S/C32H31F8N3O5/c1-16-10-25(42-14-30(33,34)15-42)41-23(27(16)22-12-20(5-7-24(22)44)6-8-26(45)46)13-43-19(4)28(48-29(43)47)17(2)9-21(32(38,39)40)11-18(3)31(35,36)37/h5,7,9-12,19,28,44H,2,6,8,13-15H2,1,3-4H3,(H,45,46)/b18-11+,21-9+/t19-,28+/m0/s1. The van der Waals surface area contributed by atoms with E-state index in [1.165, 1.54) is 36.1 Å². The minimum Gasteiger partial charge on any atom is -0.507 e. The van der Waals surface area contributed by atoms with E-state index in [4.69, 9.17) is 9.84 Å². The van der Waals surface area contributed by atoms with E-state index in [0.29, 0.717) is 24.1 Å². The molecule has 2 aromatic rings. The Morgan fingerprint density at radius 3 is 2.33 bits per heavy atom. The number of carbonyl (C=O) groups is 2. The Kier molecular flexibility index (Phi) is 9.89. The van der Waals surface area contributed by atoms with Crippen LogP contribution in [0, 0.1) is 6.92 Å². The summed E-state index contributed by atoms with van der Waals surface area (Å²) in [6.45, 7) is 5.38. The number of pyridine rings is 1. The summed E-state index contributed by atoms with van der Waals surface area (Å²) in [6.07, 6.45) is -12.5. The van der Waals surface area contributed by atoms with E-state index in [-0.39, 0.29) is 53.9 Å². The first-order valence-corrected chi connectivity index (χ1v) is 14.4. The van der Waals surface area contributed by atoms with Crippen LogP contribution in [0.4, 0.5) is 45.7 Å². The first kappa shape index (κ1) is 36.2. The highest BCUT2D eigenvalue weighted by Gasteiger charge is 2.46. The molecule has 2 aliphatic heterocycles. The summed E-state index contributed by atoms with van der Waals surface area (Å²) in [4.78, 5) is 31.1. The number of aryl methyl sites for hydroxylation is 2. The third-order valence-electron chi connectivity index (χ3n) is 7.97. The lowest BCUT2D eigenvalue weighted by atomic mass is 9.94. The Balaban J connectivity index is 1.73. The van der Waals surface area contributed by atoms with Gasteiger partial charge in [-0.05, 0) is 74.2 Å². The van der Waals surface area contributed by atoms with Crippen LogP contribution in [0.25, 0.3) is 11.1 Å². The molecule has 0 saturated carbocycles. The fourth-order valence-electron chi connectivity index (χ4n) is 5.39. The quantitative estimate of drug-likeness (QED) is 0.197. The van der Waals surface area contributed by atoms with Crippen molar-refractivity contribution in [3.05, 3.63) is 76.5 Å². The maximum Gasteiger partial charge on any atom is 0.416 e. The largest absolute Gasteiger partial charge is 0.507 e. The van der Waals surface area contributed by atoms with Gasteiger partial charge in [0.25, 0.3) is 5.92 Å². The second-order valence-corrected chi connectivity index (χ2v) is 11.7. The predicted molar refractivity (Wildman–Crippen MR) is 158 cm³/mol. The monoisotopic (exact) mass is 689 g/mol. The van der Waals surface area contributed by atoms with Gasteiger partial charge in [0.15, 0.2) is 0 Å². The number of aromatic hydroxyl groups is 1. The summed E-state index contributed by atoms with van der Waals surface area (Å²) in [6, 6.07) is 4.86. The number of carboxylic acid groups (broad SMARTS) is 1. The van der Waals surface area contributed by atoms with Crippen molar-refractivity contribution in [1.29, 1.82) is 0 Å². The number of phenols is 1.